The molecule has 18 heavy (non-hydrogen) atoms. The van der Waals surface area contributed by atoms with Gasteiger partial charge in [-0.3, -0.25) is 0 Å². The van der Waals surface area contributed by atoms with Gasteiger partial charge in [0.15, 0.2) is 0 Å². The van der Waals surface area contributed by atoms with Gasteiger partial charge in [-0.05, 0) is 38.1 Å². The highest BCUT2D eigenvalue weighted by Gasteiger charge is 2.42. The Hall–Kier alpha value is -0.120. The van der Waals surface area contributed by atoms with Crippen LogP contribution >= 0.6 is 0 Å². The summed E-state index contributed by atoms with van der Waals surface area (Å²) in [6, 6.07) is 0.677. The van der Waals surface area contributed by atoms with Crippen molar-refractivity contribution in [2.24, 2.45) is 5.92 Å². The predicted molar refractivity (Wildman–Crippen MR) is 73.8 cm³/mol. The molecule has 0 aromatic heterocycles. The van der Waals surface area contributed by atoms with Crippen LogP contribution in [-0.4, -0.2) is 38.0 Å². The van der Waals surface area contributed by atoms with E-state index in [4.69, 9.17) is 9.47 Å². The third-order valence-corrected chi connectivity index (χ3v) is 4.42. The van der Waals surface area contributed by atoms with Gasteiger partial charge in [-0.2, -0.15) is 0 Å². The van der Waals surface area contributed by atoms with Crippen LogP contribution in [0.1, 0.15) is 52.4 Å². The number of ether oxygens (including phenoxy) is 2. The highest BCUT2D eigenvalue weighted by Crippen LogP contribution is 2.37. The van der Waals surface area contributed by atoms with Crippen LogP contribution in [-0.2, 0) is 9.47 Å². The van der Waals surface area contributed by atoms with E-state index in [9.17, 15) is 0 Å². The first kappa shape index (κ1) is 14.3. The van der Waals surface area contributed by atoms with Crippen LogP contribution in [0.15, 0.2) is 0 Å². The summed E-state index contributed by atoms with van der Waals surface area (Å²) >= 11 is 0. The number of rotatable bonds is 6. The quantitative estimate of drug-likeness (QED) is 0.791. The summed E-state index contributed by atoms with van der Waals surface area (Å²) in [5, 5.41) is 3.75. The van der Waals surface area contributed by atoms with E-state index >= 15 is 0 Å². The Kier molecular flexibility index (Phi) is 5.46. The van der Waals surface area contributed by atoms with Crippen LogP contribution in [0.3, 0.4) is 0 Å². The molecular weight excluding hydrogens is 226 g/mol. The van der Waals surface area contributed by atoms with Crippen LogP contribution in [0.5, 0.6) is 0 Å². The second-order valence-corrected chi connectivity index (χ2v) is 5.94. The Balaban J connectivity index is 1.91. The van der Waals surface area contributed by atoms with Gasteiger partial charge >= 0.3 is 0 Å². The zero-order valence-corrected chi connectivity index (χ0v) is 12.0. The van der Waals surface area contributed by atoms with E-state index in [1.165, 1.54) is 32.1 Å². The fraction of sp³-hybridized carbons (Fsp3) is 1.00. The van der Waals surface area contributed by atoms with E-state index < -0.39 is 0 Å². The maximum Gasteiger partial charge on any atom is 0.0939 e. The van der Waals surface area contributed by atoms with Crippen molar-refractivity contribution >= 4 is 0 Å². The molecule has 0 aromatic rings. The molecule has 0 amide bonds. The Bertz CT molecular complexity index is 239. The Labute approximate surface area is 112 Å². The summed E-state index contributed by atoms with van der Waals surface area (Å²) in [4.78, 5) is 0. The Morgan fingerprint density at radius 3 is 2.83 bits per heavy atom. The number of hydrogen-bond donors (Lipinski definition) is 1. The van der Waals surface area contributed by atoms with Gasteiger partial charge in [0.2, 0.25) is 0 Å². The summed E-state index contributed by atoms with van der Waals surface area (Å²) in [5.74, 6) is 0.770. The summed E-state index contributed by atoms with van der Waals surface area (Å²) < 4.78 is 11.6. The fourth-order valence-corrected chi connectivity index (χ4v) is 3.42. The monoisotopic (exact) mass is 255 g/mol. The van der Waals surface area contributed by atoms with Gasteiger partial charge in [0.05, 0.1) is 12.2 Å². The maximum absolute atomic E-state index is 6.04. The Morgan fingerprint density at radius 1 is 1.28 bits per heavy atom. The van der Waals surface area contributed by atoms with Gasteiger partial charge in [0.1, 0.15) is 0 Å². The molecule has 3 unspecified atom stereocenters. The zero-order valence-electron chi connectivity index (χ0n) is 12.0. The first-order chi connectivity index (χ1) is 8.79. The van der Waals surface area contributed by atoms with Gasteiger partial charge in [0.25, 0.3) is 0 Å². The molecule has 3 heteroatoms. The van der Waals surface area contributed by atoms with Crippen LogP contribution in [0.2, 0.25) is 0 Å². The van der Waals surface area contributed by atoms with Gasteiger partial charge in [-0.15, -0.1) is 0 Å². The third-order valence-electron chi connectivity index (χ3n) is 4.42. The molecule has 2 heterocycles. The van der Waals surface area contributed by atoms with Crippen molar-refractivity contribution in [2.75, 3.05) is 26.4 Å². The van der Waals surface area contributed by atoms with Crippen molar-refractivity contribution in [1.82, 2.24) is 5.32 Å². The number of nitrogens with one attached hydrogen (secondary N) is 1. The van der Waals surface area contributed by atoms with Crippen molar-refractivity contribution in [3.8, 4) is 0 Å². The van der Waals surface area contributed by atoms with Gasteiger partial charge in [0, 0.05) is 25.7 Å². The molecule has 0 bridgehead atoms. The van der Waals surface area contributed by atoms with Crippen molar-refractivity contribution in [2.45, 2.75) is 64.0 Å². The lowest BCUT2D eigenvalue weighted by Gasteiger charge is -2.40. The highest BCUT2D eigenvalue weighted by molar-refractivity contribution is 4.93. The van der Waals surface area contributed by atoms with Gasteiger partial charge in [-0.25, -0.2) is 0 Å². The predicted octanol–water partition coefficient (Wildman–Crippen LogP) is 2.74. The van der Waals surface area contributed by atoms with E-state index in [1.54, 1.807) is 0 Å². The van der Waals surface area contributed by atoms with E-state index in [0.29, 0.717) is 6.04 Å². The number of hydrogen-bond acceptors (Lipinski definition) is 3. The SMILES string of the molecule is CCCNC(CCC)C1CCOC2(CCOC2)C1. The van der Waals surface area contributed by atoms with Gasteiger partial charge in [-0.1, -0.05) is 20.3 Å². The summed E-state index contributed by atoms with van der Waals surface area (Å²) in [7, 11) is 0. The van der Waals surface area contributed by atoms with Crippen LogP contribution in [0, 0.1) is 5.92 Å². The molecule has 0 saturated carbocycles. The lowest BCUT2D eigenvalue weighted by molar-refractivity contribution is -0.103. The minimum absolute atomic E-state index is 0.0583. The van der Waals surface area contributed by atoms with Crippen molar-refractivity contribution < 1.29 is 9.47 Å². The summed E-state index contributed by atoms with van der Waals surface area (Å²) in [6.45, 7) is 8.29. The van der Waals surface area contributed by atoms with Crippen LogP contribution < -0.4 is 5.32 Å². The molecular formula is C15H29NO2. The molecule has 2 fully saturated rings. The van der Waals surface area contributed by atoms with E-state index in [-0.39, 0.29) is 5.60 Å². The Morgan fingerprint density at radius 2 is 2.17 bits per heavy atom. The molecule has 2 rings (SSSR count). The van der Waals surface area contributed by atoms with E-state index in [1.807, 2.05) is 0 Å². The molecule has 1 N–H and O–H groups in total. The first-order valence-corrected chi connectivity index (χ1v) is 7.75. The smallest absolute Gasteiger partial charge is 0.0939 e. The normalized spacial score (nSPS) is 34.0. The van der Waals surface area contributed by atoms with Gasteiger partial charge < -0.3 is 14.8 Å². The average Bonchev–Trinajstić information content (AvgIpc) is 2.82. The van der Waals surface area contributed by atoms with Crippen molar-refractivity contribution in [3.63, 3.8) is 0 Å². The molecule has 2 aliphatic heterocycles. The second kappa shape index (κ2) is 6.88. The van der Waals surface area contributed by atoms with Crippen molar-refractivity contribution in [3.05, 3.63) is 0 Å². The highest BCUT2D eigenvalue weighted by atomic mass is 16.6. The maximum atomic E-state index is 6.04. The summed E-state index contributed by atoms with van der Waals surface area (Å²) in [6.07, 6.45) is 7.27. The first-order valence-electron chi connectivity index (χ1n) is 7.75. The molecule has 1 spiro atoms. The average molecular weight is 255 g/mol. The molecule has 0 aromatic carbocycles. The zero-order chi connectivity index (χ0) is 12.8. The minimum Gasteiger partial charge on any atom is -0.378 e. The molecule has 2 saturated heterocycles. The molecule has 3 atom stereocenters. The molecule has 2 aliphatic rings. The van der Waals surface area contributed by atoms with E-state index in [0.717, 1.165) is 38.7 Å². The van der Waals surface area contributed by atoms with Crippen molar-refractivity contribution in [1.29, 1.82) is 0 Å². The van der Waals surface area contributed by atoms with Crippen LogP contribution in [0.25, 0.3) is 0 Å². The second-order valence-electron chi connectivity index (χ2n) is 5.94. The lowest BCUT2D eigenvalue weighted by Crippen LogP contribution is -2.47. The summed E-state index contributed by atoms with van der Waals surface area (Å²) in [5.41, 5.74) is 0.0583. The molecule has 0 radical (unpaired) electrons. The molecule has 0 aliphatic carbocycles. The fourth-order valence-electron chi connectivity index (χ4n) is 3.42. The lowest BCUT2D eigenvalue weighted by atomic mass is 9.80. The third kappa shape index (κ3) is 3.46. The van der Waals surface area contributed by atoms with E-state index in [2.05, 4.69) is 19.2 Å². The molecule has 106 valence electrons. The molecule has 3 nitrogen and oxygen atoms in total. The largest absolute Gasteiger partial charge is 0.378 e. The minimum atomic E-state index is 0.0583. The van der Waals surface area contributed by atoms with Crippen LogP contribution in [0.4, 0.5) is 0 Å². The topological polar surface area (TPSA) is 30.5 Å². The standard InChI is InChI=1S/C15H29NO2/c1-3-5-14(16-8-4-2)13-6-9-18-15(11-13)7-10-17-12-15/h13-14,16H,3-12H2,1-2H3.